The van der Waals surface area contributed by atoms with Gasteiger partial charge in [0, 0.05) is 0 Å². The molecule has 2 aromatic rings. The van der Waals surface area contributed by atoms with E-state index in [0.717, 1.165) is 0 Å². The molecule has 0 heterocycles. The topological polar surface area (TPSA) is 93.1 Å². The molecule has 0 fully saturated rings. The van der Waals surface area contributed by atoms with Gasteiger partial charge in [0.05, 0.1) is 30.9 Å². The molecule has 6 heteroatoms. The van der Waals surface area contributed by atoms with E-state index in [-0.39, 0.29) is 32.0 Å². The molecule has 2 aromatic carbocycles. The fourth-order valence-electron chi connectivity index (χ4n) is 2.04. The number of carbonyl (C=O) groups is 2. The Bertz CT molecular complexity index is 679. The molecule has 0 aromatic heterocycles. The van der Waals surface area contributed by atoms with Crippen molar-refractivity contribution in [3.63, 3.8) is 0 Å². The lowest BCUT2D eigenvalue weighted by Crippen LogP contribution is -2.12. The van der Waals surface area contributed by atoms with E-state index in [9.17, 15) is 9.59 Å². The average molecular weight is 304 g/mol. The van der Waals surface area contributed by atoms with Crippen LogP contribution in [0.15, 0.2) is 36.4 Å². The zero-order valence-electron chi connectivity index (χ0n) is 11.8. The lowest BCUT2D eigenvalue weighted by Gasteiger charge is -2.07. The summed E-state index contributed by atoms with van der Waals surface area (Å²) in [4.78, 5) is 23.0. The Kier molecular flexibility index (Phi) is 5.46. The molecule has 0 unspecified atom stereocenters. The number of ether oxygens (including phenoxy) is 2. The second-order valence-corrected chi connectivity index (χ2v) is 4.52. The van der Waals surface area contributed by atoms with Crippen LogP contribution in [0.25, 0.3) is 10.8 Å². The monoisotopic (exact) mass is 304 g/mol. The summed E-state index contributed by atoms with van der Waals surface area (Å²) < 4.78 is 10.0. The summed E-state index contributed by atoms with van der Waals surface area (Å²) in [6.45, 7) is 0.422. The number of benzene rings is 2. The molecule has 0 aliphatic heterocycles. The number of fused-ring (bicyclic) bond motifs is 1. The quantitative estimate of drug-likeness (QED) is 0.597. The van der Waals surface area contributed by atoms with Crippen LogP contribution in [0, 0.1) is 0 Å². The van der Waals surface area contributed by atoms with Crippen molar-refractivity contribution in [3.8, 4) is 0 Å². The smallest absolute Gasteiger partial charge is 0.338 e. The van der Waals surface area contributed by atoms with Crippen LogP contribution in [0.3, 0.4) is 0 Å². The van der Waals surface area contributed by atoms with Gasteiger partial charge in [-0.1, -0.05) is 18.2 Å². The summed E-state index contributed by atoms with van der Waals surface area (Å²) in [5, 5.41) is 18.9. The molecule has 0 spiro atoms. The third kappa shape index (κ3) is 3.81. The Hall–Kier alpha value is -2.44. The minimum absolute atomic E-state index is 0.0788. The van der Waals surface area contributed by atoms with E-state index in [1.807, 2.05) is 0 Å². The molecule has 22 heavy (non-hydrogen) atoms. The maximum Gasteiger partial charge on any atom is 0.338 e. The number of hydrogen-bond donors (Lipinski definition) is 2. The lowest BCUT2D eigenvalue weighted by molar-refractivity contribution is 0.0258. The Morgan fingerprint density at radius 3 is 2.59 bits per heavy atom. The van der Waals surface area contributed by atoms with Gasteiger partial charge in [-0.3, -0.25) is 0 Å². The highest BCUT2D eigenvalue weighted by Crippen LogP contribution is 2.21. The van der Waals surface area contributed by atoms with Crippen LogP contribution in [0.1, 0.15) is 20.7 Å². The van der Waals surface area contributed by atoms with E-state index in [2.05, 4.69) is 0 Å². The third-order valence-corrected chi connectivity index (χ3v) is 3.04. The summed E-state index contributed by atoms with van der Waals surface area (Å²) in [5.74, 6) is -1.52. The number of carbonyl (C=O) groups excluding carboxylic acids is 1. The molecule has 0 bridgehead atoms. The first-order chi connectivity index (χ1) is 10.6. The number of carboxylic acids is 1. The Labute approximate surface area is 126 Å². The molecular weight excluding hydrogens is 288 g/mol. The molecule has 2 N–H and O–H groups in total. The van der Waals surface area contributed by atoms with Crippen molar-refractivity contribution in [2.75, 3.05) is 26.4 Å². The van der Waals surface area contributed by atoms with Gasteiger partial charge in [0.15, 0.2) is 0 Å². The maximum atomic E-state index is 11.9. The summed E-state index contributed by atoms with van der Waals surface area (Å²) >= 11 is 0. The minimum Gasteiger partial charge on any atom is -0.478 e. The molecule has 0 saturated carbocycles. The van der Waals surface area contributed by atoms with E-state index < -0.39 is 11.9 Å². The molecule has 2 rings (SSSR count). The van der Waals surface area contributed by atoms with Crippen molar-refractivity contribution in [3.05, 3.63) is 47.5 Å². The zero-order chi connectivity index (χ0) is 15.9. The molecule has 6 nitrogen and oxygen atoms in total. The van der Waals surface area contributed by atoms with E-state index in [1.54, 1.807) is 24.3 Å². The van der Waals surface area contributed by atoms with Crippen molar-refractivity contribution in [2.24, 2.45) is 0 Å². The van der Waals surface area contributed by atoms with Gasteiger partial charge in [0.2, 0.25) is 0 Å². The molecule has 0 saturated heterocycles. The summed E-state index contributed by atoms with van der Waals surface area (Å²) in [6, 6.07) is 9.61. The van der Waals surface area contributed by atoms with Gasteiger partial charge in [-0.2, -0.15) is 0 Å². The van der Waals surface area contributed by atoms with Crippen LogP contribution in [0.4, 0.5) is 0 Å². The number of aliphatic hydroxyl groups is 1. The number of esters is 1. The molecular formula is C16H16O6. The third-order valence-electron chi connectivity index (χ3n) is 3.04. The molecule has 0 atom stereocenters. The van der Waals surface area contributed by atoms with Gasteiger partial charge < -0.3 is 19.7 Å². The number of aromatic carboxylic acids is 1. The van der Waals surface area contributed by atoms with Gasteiger partial charge in [-0.25, -0.2) is 9.59 Å². The van der Waals surface area contributed by atoms with E-state index in [0.29, 0.717) is 16.3 Å². The largest absolute Gasteiger partial charge is 0.478 e. The van der Waals surface area contributed by atoms with Crippen molar-refractivity contribution >= 4 is 22.7 Å². The zero-order valence-corrected chi connectivity index (χ0v) is 11.8. The predicted octanol–water partition coefficient (Wildman–Crippen LogP) is 1.70. The predicted molar refractivity (Wildman–Crippen MR) is 79.1 cm³/mol. The van der Waals surface area contributed by atoms with Crippen molar-refractivity contribution in [1.82, 2.24) is 0 Å². The first kappa shape index (κ1) is 15.9. The van der Waals surface area contributed by atoms with Gasteiger partial charge >= 0.3 is 11.9 Å². The standard InChI is InChI=1S/C16H16O6/c17-6-7-21-8-9-22-16(20)12-4-5-13-11(10-12)2-1-3-14(13)15(18)19/h1-5,10,17H,6-9H2,(H,18,19). The number of rotatable bonds is 7. The minimum atomic E-state index is -1.01. The van der Waals surface area contributed by atoms with Gasteiger partial charge in [-0.15, -0.1) is 0 Å². The van der Waals surface area contributed by atoms with E-state index in [1.165, 1.54) is 12.1 Å². The Balaban J connectivity index is 2.09. The van der Waals surface area contributed by atoms with Crippen LogP contribution in [-0.2, 0) is 9.47 Å². The maximum absolute atomic E-state index is 11.9. The number of hydrogen-bond acceptors (Lipinski definition) is 5. The number of carboxylic acid groups (broad SMARTS) is 1. The number of aliphatic hydroxyl groups excluding tert-OH is 1. The average Bonchev–Trinajstić information content (AvgIpc) is 2.53. The van der Waals surface area contributed by atoms with Crippen molar-refractivity contribution < 1.29 is 29.3 Å². The van der Waals surface area contributed by atoms with Crippen LogP contribution in [0.2, 0.25) is 0 Å². The van der Waals surface area contributed by atoms with E-state index in [4.69, 9.17) is 19.7 Å². The molecule has 116 valence electrons. The van der Waals surface area contributed by atoms with Gasteiger partial charge in [0.25, 0.3) is 0 Å². The van der Waals surface area contributed by atoms with Crippen LogP contribution < -0.4 is 0 Å². The fourth-order valence-corrected chi connectivity index (χ4v) is 2.04. The highest BCUT2D eigenvalue weighted by molar-refractivity contribution is 6.05. The van der Waals surface area contributed by atoms with Crippen LogP contribution in [-0.4, -0.2) is 48.6 Å². The highest BCUT2D eigenvalue weighted by Gasteiger charge is 2.11. The lowest BCUT2D eigenvalue weighted by atomic mass is 10.0. The second kappa shape index (κ2) is 7.53. The van der Waals surface area contributed by atoms with Gasteiger partial charge in [-0.05, 0) is 29.0 Å². The van der Waals surface area contributed by atoms with E-state index >= 15 is 0 Å². The molecule has 0 aliphatic carbocycles. The molecule has 0 radical (unpaired) electrons. The summed E-state index contributed by atoms with van der Waals surface area (Å²) in [6.07, 6.45) is 0. The molecule has 0 amide bonds. The van der Waals surface area contributed by atoms with Crippen molar-refractivity contribution in [1.29, 1.82) is 0 Å². The van der Waals surface area contributed by atoms with Gasteiger partial charge in [0.1, 0.15) is 6.61 Å². The van der Waals surface area contributed by atoms with Crippen LogP contribution in [0.5, 0.6) is 0 Å². The fraction of sp³-hybridized carbons (Fsp3) is 0.250. The first-order valence-electron chi connectivity index (χ1n) is 6.75. The molecule has 0 aliphatic rings. The Morgan fingerprint density at radius 1 is 1.05 bits per heavy atom. The Morgan fingerprint density at radius 2 is 1.86 bits per heavy atom. The SMILES string of the molecule is O=C(OCCOCCO)c1ccc2c(C(=O)O)cccc2c1. The summed E-state index contributed by atoms with van der Waals surface area (Å²) in [7, 11) is 0. The normalized spacial score (nSPS) is 10.6. The van der Waals surface area contributed by atoms with Crippen molar-refractivity contribution in [2.45, 2.75) is 0 Å². The highest BCUT2D eigenvalue weighted by atomic mass is 16.6. The summed E-state index contributed by atoms with van der Waals surface area (Å²) in [5.41, 5.74) is 0.534. The second-order valence-electron chi connectivity index (χ2n) is 4.52. The first-order valence-corrected chi connectivity index (χ1v) is 6.75. The van der Waals surface area contributed by atoms with Crippen LogP contribution >= 0.6 is 0 Å².